The molecule has 6 nitrogen and oxygen atoms in total. The number of aromatic nitrogens is 3. The van der Waals surface area contributed by atoms with Crippen molar-refractivity contribution in [2.24, 2.45) is 5.92 Å². The lowest BCUT2D eigenvalue weighted by molar-refractivity contribution is -0.117. The monoisotopic (exact) mass is 365 g/mol. The van der Waals surface area contributed by atoms with Crippen LogP contribution in [0.3, 0.4) is 0 Å². The van der Waals surface area contributed by atoms with Crippen LogP contribution in [0.1, 0.15) is 51.0 Å². The highest BCUT2D eigenvalue weighted by Crippen LogP contribution is 2.41. The number of carbonyl (C=O) groups excluding carboxylic acids is 1. The maximum absolute atomic E-state index is 12.9. The average Bonchev–Trinajstić information content (AvgIpc) is 3.01. The Bertz CT molecular complexity index is 892. The van der Waals surface area contributed by atoms with Gasteiger partial charge in [0.05, 0.1) is 0 Å². The van der Waals surface area contributed by atoms with Crippen LogP contribution in [0.15, 0.2) is 35.5 Å². The summed E-state index contributed by atoms with van der Waals surface area (Å²) in [5, 5.41) is 7.96. The first-order valence-electron chi connectivity index (χ1n) is 9.83. The van der Waals surface area contributed by atoms with E-state index in [9.17, 15) is 4.79 Å². The molecule has 1 aliphatic heterocycles. The number of nitrogens with one attached hydrogen (secondary N) is 1. The second-order valence-corrected chi connectivity index (χ2v) is 7.55. The Labute approximate surface area is 160 Å². The van der Waals surface area contributed by atoms with Crippen LogP contribution in [0, 0.1) is 12.8 Å². The van der Waals surface area contributed by atoms with Gasteiger partial charge in [0.1, 0.15) is 11.9 Å². The van der Waals surface area contributed by atoms with Crippen molar-refractivity contribution >= 4 is 17.4 Å². The van der Waals surface area contributed by atoms with Gasteiger partial charge in [-0.1, -0.05) is 19.1 Å². The molecule has 4 rings (SSSR count). The number of carbonyl (C=O) groups is 1. The van der Waals surface area contributed by atoms with Crippen LogP contribution in [0.4, 0.5) is 11.6 Å². The molecule has 2 atom stereocenters. The van der Waals surface area contributed by atoms with Crippen LogP contribution in [-0.4, -0.2) is 33.6 Å². The van der Waals surface area contributed by atoms with Gasteiger partial charge in [0.25, 0.3) is 0 Å². The minimum absolute atomic E-state index is 0.205. The minimum Gasteiger partial charge on any atom is -0.372 e. The number of hydrogen-bond acceptors (Lipinski definition) is 5. The zero-order valence-corrected chi connectivity index (χ0v) is 16.5. The number of anilines is 2. The Balaban J connectivity index is 1.80. The first kappa shape index (κ1) is 17.8. The molecule has 0 saturated carbocycles. The normalized spacial score (nSPS) is 21.6. The number of benzene rings is 1. The molecule has 0 fully saturated rings. The van der Waals surface area contributed by atoms with E-state index in [1.807, 2.05) is 11.6 Å². The lowest BCUT2D eigenvalue weighted by Crippen LogP contribution is -2.33. The predicted molar refractivity (Wildman–Crippen MR) is 107 cm³/mol. The van der Waals surface area contributed by atoms with E-state index in [-0.39, 0.29) is 11.8 Å². The lowest BCUT2D eigenvalue weighted by Gasteiger charge is -2.34. The van der Waals surface area contributed by atoms with Crippen molar-refractivity contribution in [2.75, 3.05) is 23.3 Å². The Hall–Kier alpha value is -2.63. The average molecular weight is 365 g/mol. The molecule has 6 heteroatoms. The van der Waals surface area contributed by atoms with Gasteiger partial charge in [-0.2, -0.15) is 10.1 Å². The molecule has 1 aromatic heterocycles. The molecular weight excluding hydrogens is 338 g/mol. The third-order valence-corrected chi connectivity index (χ3v) is 5.57. The fraction of sp³-hybridized carbons (Fsp3) is 0.476. The third-order valence-electron chi connectivity index (χ3n) is 5.57. The van der Waals surface area contributed by atoms with Crippen LogP contribution in [0.2, 0.25) is 0 Å². The molecule has 2 aliphatic rings. The van der Waals surface area contributed by atoms with Crippen molar-refractivity contribution in [3.8, 4) is 0 Å². The summed E-state index contributed by atoms with van der Waals surface area (Å²) in [6.45, 7) is 10.3. The predicted octanol–water partition coefficient (Wildman–Crippen LogP) is 3.70. The van der Waals surface area contributed by atoms with E-state index in [0.717, 1.165) is 42.3 Å². The van der Waals surface area contributed by atoms with E-state index >= 15 is 0 Å². The molecule has 142 valence electrons. The SMILES string of the molecule is CCN(CC)c1ccc([C@H]2C3=C(C[C@H](C)CC3=O)Nc3nc(C)nn32)cc1. The van der Waals surface area contributed by atoms with E-state index in [0.29, 0.717) is 18.2 Å². The Kier molecular flexibility index (Phi) is 4.50. The van der Waals surface area contributed by atoms with Crippen LogP contribution in [0.25, 0.3) is 0 Å². The van der Waals surface area contributed by atoms with Gasteiger partial charge in [0.15, 0.2) is 5.78 Å². The molecule has 1 aromatic carbocycles. The van der Waals surface area contributed by atoms with E-state index in [1.165, 1.54) is 5.69 Å². The topological polar surface area (TPSA) is 63.1 Å². The number of fused-ring (bicyclic) bond motifs is 1. The van der Waals surface area contributed by atoms with Gasteiger partial charge >= 0.3 is 0 Å². The first-order chi connectivity index (χ1) is 13.0. The molecule has 0 bridgehead atoms. The highest BCUT2D eigenvalue weighted by Gasteiger charge is 2.38. The molecule has 2 heterocycles. The van der Waals surface area contributed by atoms with Gasteiger partial charge in [-0.25, -0.2) is 4.68 Å². The maximum atomic E-state index is 12.9. The van der Waals surface area contributed by atoms with Crippen molar-refractivity contribution in [2.45, 2.75) is 46.6 Å². The number of ketones is 1. The smallest absolute Gasteiger partial charge is 0.226 e. The zero-order valence-electron chi connectivity index (χ0n) is 16.5. The summed E-state index contributed by atoms with van der Waals surface area (Å²) in [4.78, 5) is 19.8. The number of nitrogens with zero attached hydrogens (tertiary/aromatic N) is 4. The largest absolute Gasteiger partial charge is 0.372 e. The Morgan fingerprint density at radius 2 is 1.89 bits per heavy atom. The number of hydrogen-bond donors (Lipinski definition) is 1. The molecule has 0 spiro atoms. The number of Topliss-reactive ketones (excluding diaryl/α,β-unsaturated/α-hetero) is 1. The van der Waals surface area contributed by atoms with Gasteiger partial charge in [0, 0.05) is 36.5 Å². The fourth-order valence-corrected chi connectivity index (χ4v) is 4.28. The van der Waals surface area contributed by atoms with Crippen molar-refractivity contribution in [1.82, 2.24) is 14.8 Å². The summed E-state index contributed by atoms with van der Waals surface area (Å²) in [5.74, 6) is 2.01. The quantitative estimate of drug-likeness (QED) is 0.895. The Morgan fingerprint density at radius 3 is 2.56 bits per heavy atom. The number of rotatable bonds is 4. The van der Waals surface area contributed by atoms with Crippen molar-refractivity contribution in [1.29, 1.82) is 0 Å². The molecule has 0 unspecified atom stereocenters. The molecular formula is C21H27N5O. The van der Waals surface area contributed by atoms with E-state index in [4.69, 9.17) is 0 Å². The zero-order chi connectivity index (χ0) is 19.1. The summed E-state index contributed by atoms with van der Waals surface area (Å²) in [6.07, 6.45) is 1.47. The molecule has 2 aromatic rings. The molecule has 1 aliphatic carbocycles. The van der Waals surface area contributed by atoms with Crippen molar-refractivity contribution in [3.63, 3.8) is 0 Å². The van der Waals surface area contributed by atoms with Gasteiger partial charge in [0.2, 0.25) is 5.95 Å². The molecule has 0 saturated heterocycles. The number of allylic oxidation sites excluding steroid dienone is 2. The summed E-state index contributed by atoms with van der Waals surface area (Å²) in [6, 6.07) is 8.33. The first-order valence-corrected chi connectivity index (χ1v) is 9.83. The van der Waals surface area contributed by atoms with Gasteiger partial charge in [-0.05, 0) is 50.8 Å². The lowest BCUT2D eigenvalue weighted by atomic mass is 9.81. The van der Waals surface area contributed by atoms with Crippen LogP contribution in [0.5, 0.6) is 0 Å². The fourth-order valence-electron chi connectivity index (χ4n) is 4.28. The van der Waals surface area contributed by atoms with Crippen LogP contribution < -0.4 is 10.2 Å². The summed E-state index contributed by atoms with van der Waals surface area (Å²) in [5.41, 5.74) is 4.14. The Morgan fingerprint density at radius 1 is 1.19 bits per heavy atom. The van der Waals surface area contributed by atoms with Crippen molar-refractivity contribution < 1.29 is 4.79 Å². The number of aryl methyl sites for hydroxylation is 1. The summed E-state index contributed by atoms with van der Waals surface area (Å²) in [7, 11) is 0. The highest BCUT2D eigenvalue weighted by molar-refractivity contribution is 5.99. The molecule has 0 radical (unpaired) electrons. The summed E-state index contributed by atoms with van der Waals surface area (Å²) >= 11 is 0. The van der Waals surface area contributed by atoms with Crippen LogP contribution >= 0.6 is 0 Å². The standard InChI is InChI=1S/C21H27N5O/c1-5-25(6-2)16-9-7-15(8-10-16)20-19-17(11-13(3)12-18(19)27)23-21-22-14(4)24-26(20)21/h7-10,13,20H,5-6,11-12H2,1-4H3,(H,22,23,24)/t13-,20-/m0/s1. The van der Waals surface area contributed by atoms with Crippen LogP contribution in [-0.2, 0) is 4.79 Å². The molecule has 27 heavy (non-hydrogen) atoms. The second kappa shape index (κ2) is 6.83. The molecule has 0 amide bonds. The van der Waals surface area contributed by atoms with Gasteiger partial charge < -0.3 is 10.2 Å². The summed E-state index contributed by atoms with van der Waals surface area (Å²) < 4.78 is 1.87. The highest BCUT2D eigenvalue weighted by atomic mass is 16.1. The van der Waals surface area contributed by atoms with E-state index in [1.54, 1.807) is 0 Å². The molecule has 1 N–H and O–H groups in total. The van der Waals surface area contributed by atoms with E-state index in [2.05, 4.69) is 65.3 Å². The van der Waals surface area contributed by atoms with Gasteiger partial charge in [-0.3, -0.25) is 4.79 Å². The van der Waals surface area contributed by atoms with Crippen molar-refractivity contribution in [3.05, 3.63) is 46.9 Å². The third kappa shape index (κ3) is 3.03. The second-order valence-electron chi connectivity index (χ2n) is 7.55. The van der Waals surface area contributed by atoms with E-state index < -0.39 is 0 Å². The minimum atomic E-state index is -0.205. The maximum Gasteiger partial charge on any atom is 0.226 e. The van der Waals surface area contributed by atoms with Gasteiger partial charge in [-0.15, -0.1) is 0 Å².